The summed E-state index contributed by atoms with van der Waals surface area (Å²) in [5, 5.41) is 0. The van der Waals surface area contributed by atoms with Crippen molar-refractivity contribution in [1.82, 2.24) is 4.90 Å². The zero-order valence-electron chi connectivity index (χ0n) is 12.0. The molecular weight excluding hydrogens is 236 g/mol. The van der Waals surface area contributed by atoms with Crippen LogP contribution in [0, 0.1) is 17.8 Å². The van der Waals surface area contributed by atoms with Crippen molar-refractivity contribution in [3.8, 4) is 0 Å². The molecule has 2 rings (SSSR count). The lowest BCUT2D eigenvalue weighted by Gasteiger charge is -2.25. The standard InChI is InChI=1S/C16H24N2O/c1-11-9-18(10-12(11)2)16(19)13(3)15(17)14-7-5-4-6-8-14/h4-8,11-13,15H,9-10,17H2,1-3H3. The van der Waals surface area contributed by atoms with Gasteiger partial charge in [0.05, 0.1) is 5.92 Å². The molecule has 2 N–H and O–H groups in total. The summed E-state index contributed by atoms with van der Waals surface area (Å²) < 4.78 is 0. The van der Waals surface area contributed by atoms with E-state index in [1.165, 1.54) is 0 Å². The number of likely N-dealkylation sites (tertiary alicyclic amines) is 1. The topological polar surface area (TPSA) is 46.3 Å². The van der Waals surface area contributed by atoms with Crippen molar-refractivity contribution in [3.63, 3.8) is 0 Å². The van der Waals surface area contributed by atoms with Crippen molar-refractivity contribution in [1.29, 1.82) is 0 Å². The van der Waals surface area contributed by atoms with Crippen molar-refractivity contribution in [2.24, 2.45) is 23.5 Å². The molecule has 1 aromatic carbocycles. The molecule has 1 aromatic rings. The Morgan fingerprint density at radius 3 is 2.26 bits per heavy atom. The van der Waals surface area contributed by atoms with E-state index in [-0.39, 0.29) is 17.9 Å². The summed E-state index contributed by atoms with van der Waals surface area (Å²) in [5.74, 6) is 1.20. The molecule has 19 heavy (non-hydrogen) atoms. The van der Waals surface area contributed by atoms with Crippen LogP contribution in [-0.2, 0) is 4.79 Å². The molecule has 1 amide bonds. The Morgan fingerprint density at radius 1 is 1.21 bits per heavy atom. The van der Waals surface area contributed by atoms with Gasteiger partial charge in [0.25, 0.3) is 0 Å². The minimum atomic E-state index is -0.222. The molecule has 4 atom stereocenters. The molecule has 0 aliphatic carbocycles. The Labute approximate surface area is 115 Å². The Hall–Kier alpha value is -1.35. The fourth-order valence-corrected chi connectivity index (χ4v) is 2.72. The molecule has 3 nitrogen and oxygen atoms in total. The van der Waals surface area contributed by atoms with Gasteiger partial charge in [-0.15, -0.1) is 0 Å². The van der Waals surface area contributed by atoms with E-state index in [1.54, 1.807) is 0 Å². The van der Waals surface area contributed by atoms with Gasteiger partial charge in [-0.2, -0.15) is 0 Å². The van der Waals surface area contributed by atoms with E-state index in [1.807, 2.05) is 42.2 Å². The summed E-state index contributed by atoms with van der Waals surface area (Å²) >= 11 is 0. The maximum atomic E-state index is 12.5. The molecule has 0 bridgehead atoms. The van der Waals surface area contributed by atoms with Gasteiger partial charge >= 0.3 is 0 Å². The normalized spacial score (nSPS) is 26.2. The van der Waals surface area contributed by atoms with Crippen molar-refractivity contribution in [2.75, 3.05) is 13.1 Å². The molecule has 104 valence electrons. The Morgan fingerprint density at radius 2 is 1.74 bits per heavy atom. The third-order valence-corrected chi connectivity index (χ3v) is 4.41. The van der Waals surface area contributed by atoms with Crippen molar-refractivity contribution >= 4 is 5.91 Å². The van der Waals surface area contributed by atoms with E-state index >= 15 is 0 Å². The van der Waals surface area contributed by atoms with E-state index in [4.69, 9.17) is 5.73 Å². The van der Waals surface area contributed by atoms with Gasteiger partial charge in [0.15, 0.2) is 0 Å². The van der Waals surface area contributed by atoms with E-state index in [0.717, 1.165) is 18.7 Å². The minimum Gasteiger partial charge on any atom is -0.342 e. The van der Waals surface area contributed by atoms with Gasteiger partial charge in [0.2, 0.25) is 5.91 Å². The van der Waals surface area contributed by atoms with E-state index in [2.05, 4.69) is 13.8 Å². The summed E-state index contributed by atoms with van der Waals surface area (Å²) in [7, 11) is 0. The molecule has 1 aliphatic rings. The highest BCUT2D eigenvalue weighted by Gasteiger charge is 2.33. The average Bonchev–Trinajstić information content (AvgIpc) is 2.77. The third-order valence-electron chi connectivity index (χ3n) is 4.41. The lowest BCUT2D eigenvalue weighted by molar-refractivity contribution is -0.134. The number of nitrogens with zero attached hydrogens (tertiary/aromatic N) is 1. The van der Waals surface area contributed by atoms with Crippen LogP contribution in [0.3, 0.4) is 0 Å². The highest BCUT2D eigenvalue weighted by molar-refractivity contribution is 5.79. The number of hydrogen-bond acceptors (Lipinski definition) is 2. The summed E-state index contributed by atoms with van der Waals surface area (Å²) in [5.41, 5.74) is 7.26. The smallest absolute Gasteiger partial charge is 0.227 e. The van der Waals surface area contributed by atoms with Crippen LogP contribution in [0.5, 0.6) is 0 Å². The number of rotatable bonds is 3. The summed E-state index contributed by atoms with van der Waals surface area (Å²) in [4.78, 5) is 14.5. The molecule has 0 radical (unpaired) electrons. The first-order valence-corrected chi connectivity index (χ1v) is 7.10. The summed E-state index contributed by atoms with van der Waals surface area (Å²) in [6, 6.07) is 9.65. The molecular formula is C16H24N2O. The van der Waals surface area contributed by atoms with E-state index in [9.17, 15) is 4.79 Å². The highest BCUT2D eigenvalue weighted by Crippen LogP contribution is 2.27. The second kappa shape index (κ2) is 5.74. The lowest BCUT2D eigenvalue weighted by atomic mass is 9.94. The second-order valence-corrected chi connectivity index (χ2v) is 5.92. The highest BCUT2D eigenvalue weighted by atomic mass is 16.2. The maximum Gasteiger partial charge on any atom is 0.227 e. The van der Waals surface area contributed by atoms with Gasteiger partial charge in [-0.25, -0.2) is 0 Å². The van der Waals surface area contributed by atoms with Crippen LogP contribution in [0.25, 0.3) is 0 Å². The fraction of sp³-hybridized carbons (Fsp3) is 0.562. The predicted molar refractivity (Wildman–Crippen MR) is 77.4 cm³/mol. The van der Waals surface area contributed by atoms with Crippen LogP contribution >= 0.6 is 0 Å². The summed E-state index contributed by atoms with van der Waals surface area (Å²) in [6.07, 6.45) is 0. The third kappa shape index (κ3) is 2.98. The van der Waals surface area contributed by atoms with Gasteiger partial charge in [0.1, 0.15) is 0 Å². The Bertz CT molecular complexity index is 422. The van der Waals surface area contributed by atoms with Gasteiger partial charge in [-0.1, -0.05) is 51.1 Å². The Balaban J connectivity index is 2.03. The molecule has 3 heteroatoms. The van der Waals surface area contributed by atoms with E-state index < -0.39 is 0 Å². The van der Waals surface area contributed by atoms with Crippen LogP contribution in [0.15, 0.2) is 30.3 Å². The maximum absolute atomic E-state index is 12.5. The number of nitrogens with two attached hydrogens (primary N) is 1. The first-order chi connectivity index (χ1) is 9.00. The van der Waals surface area contributed by atoms with E-state index in [0.29, 0.717) is 11.8 Å². The molecule has 1 saturated heterocycles. The Kier molecular flexibility index (Phi) is 4.25. The number of amides is 1. The minimum absolute atomic E-state index is 0.167. The van der Waals surface area contributed by atoms with Gasteiger partial charge in [0, 0.05) is 19.1 Å². The first-order valence-electron chi connectivity index (χ1n) is 7.10. The molecule has 0 saturated carbocycles. The fourth-order valence-electron chi connectivity index (χ4n) is 2.72. The van der Waals surface area contributed by atoms with Gasteiger partial charge < -0.3 is 10.6 Å². The van der Waals surface area contributed by atoms with Crippen LogP contribution in [0.4, 0.5) is 0 Å². The number of benzene rings is 1. The van der Waals surface area contributed by atoms with Gasteiger partial charge in [-0.05, 0) is 17.4 Å². The predicted octanol–water partition coefficient (Wildman–Crippen LogP) is 2.44. The molecule has 4 unspecified atom stereocenters. The second-order valence-electron chi connectivity index (χ2n) is 5.92. The number of carbonyl (C=O) groups excluding carboxylic acids is 1. The van der Waals surface area contributed by atoms with Crippen molar-refractivity contribution in [3.05, 3.63) is 35.9 Å². The van der Waals surface area contributed by atoms with Crippen LogP contribution in [0.1, 0.15) is 32.4 Å². The van der Waals surface area contributed by atoms with Crippen LogP contribution < -0.4 is 5.73 Å². The lowest BCUT2D eigenvalue weighted by Crippen LogP contribution is -2.38. The molecule has 1 heterocycles. The quantitative estimate of drug-likeness (QED) is 0.907. The SMILES string of the molecule is CC1CN(C(=O)C(C)C(N)c2ccccc2)CC1C. The van der Waals surface area contributed by atoms with Crippen LogP contribution in [0.2, 0.25) is 0 Å². The zero-order valence-corrected chi connectivity index (χ0v) is 12.0. The first kappa shape index (κ1) is 14.1. The molecule has 0 aromatic heterocycles. The van der Waals surface area contributed by atoms with Crippen LogP contribution in [-0.4, -0.2) is 23.9 Å². The zero-order chi connectivity index (χ0) is 14.0. The molecule has 0 spiro atoms. The number of carbonyl (C=O) groups is 1. The summed E-state index contributed by atoms with van der Waals surface area (Å²) in [6.45, 7) is 8.09. The monoisotopic (exact) mass is 260 g/mol. The van der Waals surface area contributed by atoms with Gasteiger partial charge in [-0.3, -0.25) is 4.79 Å². The van der Waals surface area contributed by atoms with Crippen molar-refractivity contribution < 1.29 is 4.79 Å². The average molecular weight is 260 g/mol. The molecule has 1 fully saturated rings. The van der Waals surface area contributed by atoms with Crippen molar-refractivity contribution in [2.45, 2.75) is 26.8 Å². The molecule has 1 aliphatic heterocycles. The largest absolute Gasteiger partial charge is 0.342 e. The number of hydrogen-bond donors (Lipinski definition) is 1.